The zero-order valence-electron chi connectivity index (χ0n) is 7.62. The third-order valence-electron chi connectivity index (χ3n) is 1.74. The van der Waals surface area contributed by atoms with Gasteiger partial charge in [-0.2, -0.15) is 0 Å². The summed E-state index contributed by atoms with van der Waals surface area (Å²) in [4.78, 5) is 11.1. The standard InChI is InChI=1S/C11H14NO/c1-2-6-11(13)12-9-10-7-4-3-5-8-10/h3-5,7-8H,1-2,6,9H2,(H,12,13). The Morgan fingerprint density at radius 1 is 1.31 bits per heavy atom. The zero-order valence-corrected chi connectivity index (χ0v) is 7.62. The molecule has 0 atom stereocenters. The van der Waals surface area contributed by atoms with E-state index < -0.39 is 0 Å². The fourth-order valence-corrected chi connectivity index (χ4v) is 1.05. The summed E-state index contributed by atoms with van der Waals surface area (Å²) in [5.74, 6) is 0.0684. The number of carbonyl (C=O) groups excluding carboxylic acids is 1. The molecule has 0 fully saturated rings. The first-order valence-electron chi connectivity index (χ1n) is 4.43. The molecule has 1 amide bonds. The quantitative estimate of drug-likeness (QED) is 0.746. The van der Waals surface area contributed by atoms with Crippen molar-refractivity contribution in [1.29, 1.82) is 0 Å². The van der Waals surface area contributed by atoms with Crippen LogP contribution in [0.25, 0.3) is 0 Å². The van der Waals surface area contributed by atoms with Crippen LogP contribution in [0.4, 0.5) is 0 Å². The number of rotatable bonds is 4. The molecule has 0 aliphatic heterocycles. The number of benzene rings is 1. The first-order chi connectivity index (χ1) is 6.33. The normalized spacial score (nSPS) is 9.62. The molecule has 2 heteroatoms. The van der Waals surface area contributed by atoms with Crippen molar-refractivity contribution in [2.45, 2.75) is 19.4 Å². The van der Waals surface area contributed by atoms with E-state index >= 15 is 0 Å². The fourth-order valence-electron chi connectivity index (χ4n) is 1.05. The van der Waals surface area contributed by atoms with Crippen LogP contribution in [0.5, 0.6) is 0 Å². The van der Waals surface area contributed by atoms with Gasteiger partial charge in [0.25, 0.3) is 0 Å². The van der Waals surface area contributed by atoms with E-state index in [1.54, 1.807) is 0 Å². The maximum absolute atomic E-state index is 11.1. The van der Waals surface area contributed by atoms with Crippen LogP contribution in [0.2, 0.25) is 0 Å². The smallest absolute Gasteiger partial charge is 0.220 e. The highest BCUT2D eigenvalue weighted by molar-refractivity contribution is 5.75. The topological polar surface area (TPSA) is 29.1 Å². The van der Waals surface area contributed by atoms with Gasteiger partial charge in [0, 0.05) is 13.0 Å². The van der Waals surface area contributed by atoms with E-state index in [1.807, 2.05) is 30.3 Å². The maximum Gasteiger partial charge on any atom is 0.220 e. The van der Waals surface area contributed by atoms with Crippen LogP contribution in [-0.4, -0.2) is 5.91 Å². The lowest BCUT2D eigenvalue weighted by Crippen LogP contribution is -2.21. The predicted octanol–water partition coefficient (Wildman–Crippen LogP) is 1.92. The van der Waals surface area contributed by atoms with Gasteiger partial charge >= 0.3 is 0 Å². The van der Waals surface area contributed by atoms with Gasteiger partial charge in [0.15, 0.2) is 0 Å². The van der Waals surface area contributed by atoms with Crippen molar-refractivity contribution in [1.82, 2.24) is 5.32 Å². The molecule has 0 unspecified atom stereocenters. The van der Waals surface area contributed by atoms with Gasteiger partial charge in [-0.1, -0.05) is 37.3 Å². The van der Waals surface area contributed by atoms with E-state index in [0.29, 0.717) is 19.4 Å². The van der Waals surface area contributed by atoms with Gasteiger partial charge in [-0.25, -0.2) is 0 Å². The van der Waals surface area contributed by atoms with Gasteiger partial charge < -0.3 is 5.32 Å². The summed E-state index contributed by atoms with van der Waals surface area (Å²) < 4.78 is 0. The largest absolute Gasteiger partial charge is 0.352 e. The summed E-state index contributed by atoms with van der Waals surface area (Å²) in [6.45, 7) is 4.23. The van der Waals surface area contributed by atoms with Gasteiger partial charge in [0.1, 0.15) is 0 Å². The number of hydrogen-bond donors (Lipinski definition) is 1. The SMILES string of the molecule is [CH2]CCC(=O)NCc1ccccc1. The summed E-state index contributed by atoms with van der Waals surface area (Å²) in [6, 6.07) is 9.86. The second-order valence-electron chi connectivity index (χ2n) is 2.87. The molecular weight excluding hydrogens is 162 g/mol. The minimum Gasteiger partial charge on any atom is -0.352 e. The van der Waals surface area contributed by atoms with Gasteiger partial charge in [-0.05, 0) is 12.0 Å². The van der Waals surface area contributed by atoms with Crippen LogP contribution >= 0.6 is 0 Å². The first kappa shape index (κ1) is 9.78. The van der Waals surface area contributed by atoms with E-state index in [2.05, 4.69) is 12.2 Å². The maximum atomic E-state index is 11.1. The van der Waals surface area contributed by atoms with Gasteiger partial charge in [0.2, 0.25) is 5.91 Å². The highest BCUT2D eigenvalue weighted by Crippen LogP contribution is 1.97. The van der Waals surface area contributed by atoms with Crippen LogP contribution in [-0.2, 0) is 11.3 Å². The minimum absolute atomic E-state index is 0.0684. The Hall–Kier alpha value is -1.31. The lowest BCUT2D eigenvalue weighted by atomic mass is 10.2. The predicted molar refractivity (Wildman–Crippen MR) is 52.9 cm³/mol. The molecule has 0 aromatic heterocycles. The summed E-state index contributed by atoms with van der Waals surface area (Å²) in [6.07, 6.45) is 1.16. The van der Waals surface area contributed by atoms with E-state index in [4.69, 9.17) is 0 Å². The molecule has 1 aromatic rings. The molecule has 0 heterocycles. The average molecular weight is 176 g/mol. The third-order valence-corrected chi connectivity index (χ3v) is 1.74. The Morgan fingerprint density at radius 2 is 2.00 bits per heavy atom. The molecule has 0 aliphatic carbocycles. The molecule has 0 saturated heterocycles. The van der Waals surface area contributed by atoms with Crippen molar-refractivity contribution in [2.75, 3.05) is 0 Å². The van der Waals surface area contributed by atoms with Crippen molar-refractivity contribution >= 4 is 5.91 Å². The fraction of sp³-hybridized carbons (Fsp3) is 0.273. The van der Waals surface area contributed by atoms with Crippen LogP contribution in [0.3, 0.4) is 0 Å². The summed E-state index contributed by atoms with van der Waals surface area (Å²) >= 11 is 0. The number of amides is 1. The second kappa shape index (κ2) is 5.36. The van der Waals surface area contributed by atoms with Crippen molar-refractivity contribution in [3.05, 3.63) is 42.8 Å². The van der Waals surface area contributed by atoms with Crippen LogP contribution in [0.1, 0.15) is 18.4 Å². The third kappa shape index (κ3) is 3.74. The van der Waals surface area contributed by atoms with Crippen LogP contribution in [0, 0.1) is 6.92 Å². The molecule has 69 valence electrons. The Balaban J connectivity index is 2.31. The Morgan fingerprint density at radius 3 is 2.62 bits per heavy atom. The first-order valence-corrected chi connectivity index (χ1v) is 4.43. The van der Waals surface area contributed by atoms with Gasteiger partial charge in [0.05, 0.1) is 0 Å². The van der Waals surface area contributed by atoms with Crippen molar-refractivity contribution < 1.29 is 4.79 Å². The number of carbonyl (C=O) groups is 1. The van der Waals surface area contributed by atoms with Crippen LogP contribution in [0.15, 0.2) is 30.3 Å². The molecule has 0 bridgehead atoms. The molecule has 0 saturated carbocycles. The monoisotopic (exact) mass is 176 g/mol. The average Bonchev–Trinajstić information content (AvgIpc) is 2.17. The lowest BCUT2D eigenvalue weighted by Gasteiger charge is -2.03. The highest BCUT2D eigenvalue weighted by Gasteiger charge is 1.97. The lowest BCUT2D eigenvalue weighted by molar-refractivity contribution is -0.121. The second-order valence-corrected chi connectivity index (χ2v) is 2.87. The highest BCUT2D eigenvalue weighted by atomic mass is 16.1. The Labute approximate surface area is 79.0 Å². The molecule has 1 aromatic carbocycles. The summed E-state index contributed by atoms with van der Waals surface area (Å²) in [5, 5.41) is 2.82. The molecule has 13 heavy (non-hydrogen) atoms. The van der Waals surface area contributed by atoms with E-state index in [-0.39, 0.29) is 5.91 Å². The number of nitrogens with one attached hydrogen (secondary N) is 1. The summed E-state index contributed by atoms with van der Waals surface area (Å²) in [5.41, 5.74) is 1.12. The molecule has 0 spiro atoms. The van der Waals surface area contributed by atoms with Gasteiger partial charge in [-0.15, -0.1) is 0 Å². The van der Waals surface area contributed by atoms with Gasteiger partial charge in [-0.3, -0.25) is 4.79 Å². The summed E-state index contributed by atoms with van der Waals surface area (Å²) in [7, 11) is 0. The van der Waals surface area contributed by atoms with Crippen molar-refractivity contribution in [3.8, 4) is 0 Å². The molecule has 1 radical (unpaired) electrons. The molecule has 1 N–H and O–H groups in total. The Kier molecular flexibility index (Phi) is 4.03. The van der Waals surface area contributed by atoms with E-state index in [1.165, 1.54) is 0 Å². The van der Waals surface area contributed by atoms with Crippen molar-refractivity contribution in [2.24, 2.45) is 0 Å². The molecule has 1 rings (SSSR count). The molecular formula is C11H14NO. The van der Waals surface area contributed by atoms with E-state index in [9.17, 15) is 4.79 Å². The molecule has 2 nitrogen and oxygen atoms in total. The zero-order chi connectivity index (χ0) is 9.52. The number of hydrogen-bond acceptors (Lipinski definition) is 1. The van der Waals surface area contributed by atoms with Crippen molar-refractivity contribution in [3.63, 3.8) is 0 Å². The minimum atomic E-state index is 0.0684. The Bertz CT molecular complexity index is 256. The van der Waals surface area contributed by atoms with Crippen LogP contribution < -0.4 is 5.32 Å². The molecule has 0 aliphatic rings. The van der Waals surface area contributed by atoms with E-state index in [0.717, 1.165) is 5.56 Å².